The van der Waals surface area contributed by atoms with E-state index >= 15 is 0 Å². The van der Waals surface area contributed by atoms with Crippen molar-refractivity contribution >= 4 is 12.0 Å². The predicted octanol–water partition coefficient (Wildman–Crippen LogP) is 1.01. The highest BCUT2D eigenvalue weighted by Gasteiger charge is 2.38. The molecule has 0 bridgehead atoms. The van der Waals surface area contributed by atoms with E-state index in [1.54, 1.807) is 4.90 Å². The quantitative estimate of drug-likeness (QED) is 0.802. The van der Waals surface area contributed by atoms with E-state index in [1.165, 1.54) is 25.8 Å². The molecule has 6 nitrogen and oxygen atoms in total. The molecule has 1 N–H and O–H groups in total. The molecule has 0 unspecified atom stereocenters. The Labute approximate surface area is 107 Å². The van der Waals surface area contributed by atoms with Crippen LogP contribution in [0.3, 0.4) is 0 Å². The highest BCUT2D eigenvalue weighted by atomic mass is 16.5. The van der Waals surface area contributed by atoms with Crippen LogP contribution in [-0.4, -0.2) is 64.8 Å². The van der Waals surface area contributed by atoms with Gasteiger partial charge in [0.1, 0.15) is 5.54 Å². The lowest BCUT2D eigenvalue weighted by atomic mass is 10.0. The topological polar surface area (TPSA) is 70.1 Å². The van der Waals surface area contributed by atoms with Gasteiger partial charge in [-0.2, -0.15) is 0 Å². The van der Waals surface area contributed by atoms with Gasteiger partial charge in [-0.25, -0.2) is 9.59 Å². The van der Waals surface area contributed by atoms with Crippen LogP contribution in [0.15, 0.2) is 0 Å². The number of carboxylic acids is 1. The number of likely N-dealkylation sites (N-methyl/N-ethyl adjacent to an activating group) is 1. The number of nitrogens with zero attached hydrogens (tertiary/aromatic N) is 2. The van der Waals surface area contributed by atoms with E-state index in [2.05, 4.69) is 0 Å². The smallest absolute Gasteiger partial charge is 0.329 e. The highest BCUT2D eigenvalue weighted by molar-refractivity contribution is 5.85. The van der Waals surface area contributed by atoms with E-state index in [0.717, 1.165) is 0 Å². The number of morpholine rings is 1. The first-order valence-electron chi connectivity index (χ1n) is 6.07. The number of hydrogen-bond donors (Lipinski definition) is 1. The maximum Gasteiger partial charge on any atom is 0.329 e. The summed E-state index contributed by atoms with van der Waals surface area (Å²) in [6.45, 7) is 7.81. The second-order valence-corrected chi connectivity index (χ2v) is 5.37. The minimum Gasteiger partial charge on any atom is -0.480 e. The van der Waals surface area contributed by atoms with Crippen molar-refractivity contribution in [3.05, 3.63) is 0 Å². The average Bonchev–Trinajstić information content (AvgIpc) is 2.25. The van der Waals surface area contributed by atoms with Gasteiger partial charge in [0, 0.05) is 20.1 Å². The molecule has 1 rings (SSSR count). The van der Waals surface area contributed by atoms with Gasteiger partial charge in [-0.3, -0.25) is 0 Å². The fraction of sp³-hybridized carbons (Fsp3) is 0.833. The molecule has 104 valence electrons. The molecule has 0 aromatic rings. The van der Waals surface area contributed by atoms with Crippen LogP contribution in [0.2, 0.25) is 0 Å². The number of amides is 2. The van der Waals surface area contributed by atoms with Gasteiger partial charge in [-0.1, -0.05) is 0 Å². The highest BCUT2D eigenvalue weighted by Crippen LogP contribution is 2.18. The zero-order valence-corrected chi connectivity index (χ0v) is 11.6. The number of carbonyl (C=O) groups excluding carboxylic acids is 1. The summed E-state index contributed by atoms with van der Waals surface area (Å²) in [5.74, 6) is -1.02. The monoisotopic (exact) mass is 258 g/mol. The summed E-state index contributed by atoms with van der Waals surface area (Å²) in [5, 5.41) is 9.13. The Morgan fingerprint density at radius 3 is 2.11 bits per heavy atom. The molecule has 18 heavy (non-hydrogen) atoms. The SMILES string of the molecule is C[C@@H]1CN(C(=O)N(C)C(C)(C)C(=O)O)C[C@H](C)O1. The summed E-state index contributed by atoms with van der Waals surface area (Å²) in [6, 6.07) is -0.274. The van der Waals surface area contributed by atoms with Crippen LogP contribution in [0, 0.1) is 0 Å². The molecular weight excluding hydrogens is 236 g/mol. The van der Waals surface area contributed by atoms with Crippen molar-refractivity contribution in [3.63, 3.8) is 0 Å². The van der Waals surface area contributed by atoms with Crippen molar-refractivity contribution in [3.8, 4) is 0 Å². The molecule has 1 fully saturated rings. The molecule has 0 spiro atoms. The predicted molar refractivity (Wildman–Crippen MR) is 66.5 cm³/mol. The van der Waals surface area contributed by atoms with Crippen molar-refractivity contribution in [1.29, 1.82) is 0 Å². The van der Waals surface area contributed by atoms with Crippen LogP contribution in [-0.2, 0) is 9.53 Å². The number of urea groups is 1. The van der Waals surface area contributed by atoms with Gasteiger partial charge in [0.05, 0.1) is 12.2 Å². The van der Waals surface area contributed by atoms with Crippen LogP contribution < -0.4 is 0 Å². The lowest BCUT2D eigenvalue weighted by Gasteiger charge is -2.40. The minimum absolute atomic E-state index is 0.0287. The number of hydrogen-bond acceptors (Lipinski definition) is 3. The van der Waals surface area contributed by atoms with E-state index in [1.807, 2.05) is 13.8 Å². The van der Waals surface area contributed by atoms with Crippen molar-refractivity contribution in [2.45, 2.75) is 45.4 Å². The molecule has 0 aromatic heterocycles. The Morgan fingerprint density at radius 2 is 1.72 bits per heavy atom. The van der Waals surface area contributed by atoms with Crippen molar-refractivity contribution < 1.29 is 19.4 Å². The van der Waals surface area contributed by atoms with Gasteiger partial charge >= 0.3 is 12.0 Å². The number of carboxylic acid groups (broad SMARTS) is 1. The first-order valence-corrected chi connectivity index (χ1v) is 6.07. The molecule has 2 amide bonds. The fourth-order valence-corrected chi connectivity index (χ4v) is 1.93. The summed E-state index contributed by atoms with van der Waals surface area (Å²) in [6.07, 6.45) is -0.0573. The maximum absolute atomic E-state index is 12.3. The molecule has 0 aliphatic carbocycles. The second-order valence-electron chi connectivity index (χ2n) is 5.37. The molecule has 1 aliphatic rings. The first-order chi connectivity index (χ1) is 8.16. The van der Waals surface area contributed by atoms with E-state index in [9.17, 15) is 9.59 Å². The number of rotatable bonds is 2. The molecular formula is C12H22N2O4. The molecule has 0 radical (unpaired) electrons. The number of carbonyl (C=O) groups is 2. The maximum atomic E-state index is 12.3. The summed E-state index contributed by atoms with van der Waals surface area (Å²) < 4.78 is 5.55. The molecule has 0 saturated carbocycles. The lowest BCUT2D eigenvalue weighted by Crippen LogP contribution is -2.58. The van der Waals surface area contributed by atoms with Crippen LogP contribution in [0.5, 0.6) is 0 Å². The van der Waals surface area contributed by atoms with E-state index in [0.29, 0.717) is 13.1 Å². The molecule has 2 atom stereocenters. The van der Waals surface area contributed by atoms with Crippen molar-refractivity contribution in [2.75, 3.05) is 20.1 Å². The van der Waals surface area contributed by atoms with Crippen LogP contribution in [0.4, 0.5) is 4.79 Å². The summed E-state index contributed by atoms with van der Waals surface area (Å²) in [4.78, 5) is 26.3. The molecule has 6 heteroatoms. The Morgan fingerprint density at radius 1 is 1.28 bits per heavy atom. The third-order valence-corrected chi connectivity index (χ3v) is 3.34. The van der Waals surface area contributed by atoms with Gasteiger partial charge < -0.3 is 19.6 Å². The summed E-state index contributed by atoms with van der Waals surface area (Å²) in [5.41, 5.74) is -1.22. The van der Waals surface area contributed by atoms with Gasteiger partial charge in [0.2, 0.25) is 0 Å². The van der Waals surface area contributed by atoms with Gasteiger partial charge in [0.25, 0.3) is 0 Å². The fourth-order valence-electron chi connectivity index (χ4n) is 1.93. The second kappa shape index (κ2) is 5.14. The van der Waals surface area contributed by atoms with Gasteiger partial charge in [0.15, 0.2) is 0 Å². The molecule has 1 aliphatic heterocycles. The lowest BCUT2D eigenvalue weighted by molar-refractivity contribution is -0.147. The largest absolute Gasteiger partial charge is 0.480 e. The van der Waals surface area contributed by atoms with E-state index < -0.39 is 11.5 Å². The Kier molecular flexibility index (Phi) is 4.21. The number of ether oxygens (including phenoxy) is 1. The third-order valence-electron chi connectivity index (χ3n) is 3.34. The van der Waals surface area contributed by atoms with Crippen LogP contribution >= 0.6 is 0 Å². The first kappa shape index (κ1) is 14.8. The summed E-state index contributed by atoms with van der Waals surface area (Å²) >= 11 is 0. The molecule has 1 heterocycles. The van der Waals surface area contributed by atoms with Crippen molar-refractivity contribution in [2.24, 2.45) is 0 Å². The molecule has 1 saturated heterocycles. The van der Waals surface area contributed by atoms with Gasteiger partial charge in [-0.05, 0) is 27.7 Å². The Bertz CT molecular complexity index is 333. The standard InChI is InChI=1S/C12H22N2O4/c1-8-6-14(7-9(2)18-8)11(17)13(5)12(3,4)10(15)16/h8-9H,6-7H2,1-5H3,(H,15,16)/t8-,9+. The van der Waals surface area contributed by atoms with Crippen LogP contribution in [0.25, 0.3) is 0 Å². The minimum atomic E-state index is -1.22. The Hall–Kier alpha value is -1.30. The van der Waals surface area contributed by atoms with Crippen LogP contribution in [0.1, 0.15) is 27.7 Å². The average molecular weight is 258 g/mol. The zero-order chi connectivity index (χ0) is 14.1. The molecule has 0 aromatic carbocycles. The van der Waals surface area contributed by atoms with E-state index in [-0.39, 0.29) is 18.2 Å². The number of aliphatic carboxylic acids is 1. The zero-order valence-electron chi connectivity index (χ0n) is 11.6. The normalized spacial score (nSPS) is 24.8. The Balaban J connectivity index is 2.78. The third kappa shape index (κ3) is 2.93. The van der Waals surface area contributed by atoms with E-state index in [4.69, 9.17) is 9.84 Å². The van der Waals surface area contributed by atoms with Crippen molar-refractivity contribution in [1.82, 2.24) is 9.80 Å². The summed E-state index contributed by atoms with van der Waals surface area (Å²) in [7, 11) is 1.52. The van der Waals surface area contributed by atoms with Gasteiger partial charge in [-0.15, -0.1) is 0 Å².